The molecule has 0 radical (unpaired) electrons. The minimum absolute atomic E-state index is 0.499. The molecule has 0 amide bonds. The predicted octanol–water partition coefficient (Wildman–Crippen LogP) is 3.44. The summed E-state index contributed by atoms with van der Waals surface area (Å²) in [5, 5.41) is 0. The largest absolute Gasteiger partial charge is 0.496 e. The molecule has 3 nitrogen and oxygen atoms in total. The third-order valence-corrected chi connectivity index (χ3v) is 3.63. The van der Waals surface area contributed by atoms with Gasteiger partial charge >= 0.3 is 0 Å². The van der Waals surface area contributed by atoms with Gasteiger partial charge in [-0.15, -0.1) is 0 Å². The zero-order chi connectivity index (χ0) is 13.2. The number of halogens is 1. The van der Waals surface area contributed by atoms with E-state index in [0.29, 0.717) is 11.3 Å². The van der Waals surface area contributed by atoms with Crippen LogP contribution in [0.1, 0.15) is 43.5 Å². The van der Waals surface area contributed by atoms with Crippen molar-refractivity contribution in [1.29, 1.82) is 0 Å². The summed E-state index contributed by atoms with van der Waals surface area (Å²) < 4.78 is 19.1. The van der Waals surface area contributed by atoms with E-state index >= 15 is 0 Å². The van der Waals surface area contributed by atoms with Gasteiger partial charge in [0.2, 0.25) is 6.08 Å². The molecule has 1 aliphatic carbocycles. The number of carbonyl (C=O) groups excluding carboxylic acids is 1. The summed E-state index contributed by atoms with van der Waals surface area (Å²) in [7, 11) is 1.52. The first-order valence-corrected chi connectivity index (χ1v) is 6.05. The lowest BCUT2D eigenvalue weighted by Gasteiger charge is -2.39. The Balaban J connectivity index is 2.59. The van der Waals surface area contributed by atoms with Gasteiger partial charge in [-0.25, -0.2) is 9.18 Å². The number of rotatable bonds is 4. The Morgan fingerprint density at radius 2 is 2.22 bits per heavy atom. The molecule has 1 unspecified atom stereocenters. The lowest BCUT2D eigenvalue weighted by Crippen LogP contribution is -2.33. The van der Waals surface area contributed by atoms with Gasteiger partial charge in [-0.3, -0.25) is 0 Å². The number of alkyl halides is 1. The Morgan fingerprint density at radius 3 is 2.67 bits per heavy atom. The first-order valence-electron chi connectivity index (χ1n) is 6.05. The Hall–Kier alpha value is -1.67. The molecule has 1 saturated carbocycles. The number of nitrogens with zero attached hydrogens (tertiary/aromatic N) is 1. The molecule has 4 heteroatoms. The highest BCUT2D eigenvalue weighted by molar-refractivity contribution is 5.48. The first kappa shape index (κ1) is 12.8. The highest BCUT2D eigenvalue weighted by Crippen LogP contribution is 2.49. The molecule has 0 spiro atoms. The summed E-state index contributed by atoms with van der Waals surface area (Å²) in [6, 6.07) is 5.36. The molecule has 0 heterocycles. The summed E-state index contributed by atoms with van der Waals surface area (Å²) in [6.45, 7) is 1.47. The van der Waals surface area contributed by atoms with Gasteiger partial charge in [-0.05, 0) is 37.8 Å². The van der Waals surface area contributed by atoms with Gasteiger partial charge < -0.3 is 4.74 Å². The fraction of sp³-hybridized carbons (Fsp3) is 0.500. The number of benzene rings is 1. The third kappa shape index (κ3) is 1.93. The second-order valence-electron chi connectivity index (χ2n) is 4.63. The topological polar surface area (TPSA) is 38.7 Å². The van der Waals surface area contributed by atoms with E-state index in [4.69, 9.17) is 4.74 Å². The quantitative estimate of drug-likeness (QED) is 0.605. The molecular weight excluding hydrogens is 233 g/mol. The Bertz CT molecular complexity index is 489. The van der Waals surface area contributed by atoms with Crippen molar-refractivity contribution in [1.82, 2.24) is 0 Å². The highest BCUT2D eigenvalue weighted by Gasteiger charge is 2.41. The van der Waals surface area contributed by atoms with Crippen LogP contribution in [0.25, 0.3) is 0 Å². The number of methoxy groups -OCH3 is 1. The minimum atomic E-state index is -1.16. The molecule has 1 aromatic rings. The standard InChI is InChI=1S/C14H16FNO2/c1-10(15)13-11(5-3-6-12(13)18-2)14(16-9-17)7-4-8-14/h3,5-6,10H,4,7-8H2,1-2H3. The molecule has 0 aromatic heterocycles. The van der Waals surface area contributed by atoms with Gasteiger partial charge in [0, 0.05) is 5.56 Å². The first-order chi connectivity index (χ1) is 8.64. The molecule has 96 valence electrons. The van der Waals surface area contributed by atoms with Crippen molar-refractivity contribution in [2.75, 3.05) is 7.11 Å². The van der Waals surface area contributed by atoms with Crippen molar-refractivity contribution < 1.29 is 13.9 Å². The van der Waals surface area contributed by atoms with E-state index in [9.17, 15) is 9.18 Å². The van der Waals surface area contributed by atoms with Gasteiger partial charge in [0.25, 0.3) is 0 Å². The zero-order valence-electron chi connectivity index (χ0n) is 10.6. The SMILES string of the molecule is COc1cccc(C2(N=C=O)CCC2)c1C(C)F. The number of ether oxygens (including phenoxy) is 1. The predicted molar refractivity (Wildman–Crippen MR) is 66.2 cm³/mol. The van der Waals surface area contributed by atoms with Gasteiger partial charge in [0.15, 0.2) is 0 Å². The molecule has 0 saturated heterocycles. The fourth-order valence-electron chi connectivity index (χ4n) is 2.58. The second-order valence-corrected chi connectivity index (χ2v) is 4.63. The van der Waals surface area contributed by atoms with E-state index < -0.39 is 11.7 Å². The molecule has 1 aromatic carbocycles. The van der Waals surface area contributed by atoms with E-state index in [1.807, 2.05) is 6.07 Å². The van der Waals surface area contributed by atoms with E-state index in [1.54, 1.807) is 18.2 Å². The normalized spacial score (nSPS) is 18.4. The third-order valence-electron chi connectivity index (χ3n) is 3.63. The van der Waals surface area contributed by atoms with E-state index in [-0.39, 0.29) is 0 Å². The Labute approximate surface area is 106 Å². The van der Waals surface area contributed by atoms with Crippen molar-refractivity contribution in [3.8, 4) is 5.75 Å². The minimum Gasteiger partial charge on any atom is -0.496 e. The summed E-state index contributed by atoms with van der Waals surface area (Å²) in [6.07, 6.45) is 2.97. The van der Waals surface area contributed by atoms with Crippen molar-refractivity contribution >= 4 is 6.08 Å². The fourth-order valence-corrected chi connectivity index (χ4v) is 2.58. The maximum absolute atomic E-state index is 13.9. The van der Waals surface area contributed by atoms with Crippen LogP contribution in [0.4, 0.5) is 4.39 Å². The number of hydrogen-bond acceptors (Lipinski definition) is 3. The van der Waals surface area contributed by atoms with E-state index in [1.165, 1.54) is 14.0 Å². The molecule has 0 bridgehead atoms. The number of isocyanates is 1. The smallest absolute Gasteiger partial charge is 0.235 e. The van der Waals surface area contributed by atoms with E-state index in [2.05, 4.69) is 4.99 Å². The van der Waals surface area contributed by atoms with Crippen LogP contribution in [-0.4, -0.2) is 13.2 Å². The number of aliphatic imine (C=N–C) groups is 1. The van der Waals surface area contributed by atoms with Crippen LogP contribution >= 0.6 is 0 Å². The lowest BCUT2D eigenvalue weighted by atomic mass is 9.70. The van der Waals surface area contributed by atoms with Crippen molar-refractivity contribution in [2.45, 2.75) is 37.9 Å². The second kappa shape index (κ2) is 4.91. The monoisotopic (exact) mass is 249 g/mol. The zero-order valence-corrected chi connectivity index (χ0v) is 10.6. The van der Waals surface area contributed by atoms with Crippen LogP contribution < -0.4 is 4.74 Å². The maximum Gasteiger partial charge on any atom is 0.235 e. The molecular formula is C14H16FNO2. The number of hydrogen-bond donors (Lipinski definition) is 0. The molecule has 18 heavy (non-hydrogen) atoms. The van der Waals surface area contributed by atoms with Crippen molar-refractivity contribution in [2.24, 2.45) is 4.99 Å². The molecule has 1 atom stereocenters. The Kier molecular flexibility index (Phi) is 3.48. The average molecular weight is 249 g/mol. The van der Waals surface area contributed by atoms with Crippen LogP contribution in [0, 0.1) is 0 Å². The van der Waals surface area contributed by atoms with Crippen LogP contribution in [0.15, 0.2) is 23.2 Å². The van der Waals surface area contributed by atoms with Crippen LogP contribution in [0.5, 0.6) is 5.75 Å². The van der Waals surface area contributed by atoms with Gasteiger partial charge in [0.1, 0.15) is 11.9 Å². The summed E-state index contributed by atoms with van der Waals surface area (Å²) in [5.41, 5.74) is 0.663. The van der Waals surface area contributed by atoms with Crippen molar-refractivity contribution in [3.63, 3.8) is 0 Å². The highest BCUT2D eigenvalue weighted by atomic mass is 19.1. The summed E-state index contributed by atoms with van der Waals surface area (Å²) in [4.78, 5) is 14.5. The van der Waals surface area contributed by atoms with Crippen molar-refractivity contribution in [3.05, 3.63) is 29.3 Å². The molecule has 1 aliphatic rings. The lowest BCUT2D eigenvalue weighted by molar-refractivity contribution is 0.245. The molecule has 2 rings (SSSR count). The van der Waals surface area contributed by atoms with Gasteiger partial charge in [0.05, 0.1) is 12.6 Å². The molecule has 0 aliphatic heterocycles. The van der Waals surface area contributed by atoms with Gasteiger partial charge in [-0.2, -0.15) is 4.99 Å². The maximum atomic E-state index is 13.9. The van der Waals surface area contributed by atoms with Crippen LogP contribution in [0.2, 0.25) is 0 Å². The summed E-state index contributed by atoms with van der Waals surface area (Å²) >= 11 is 0. The van der Waals surface area contributed by atoms with Crippen LogP contribution in [-0.2, 0) is 10.3 Å². The van der Waals surface area contributed by atoms with Crippen LogP contribution in [0.3, 0.4) is 0 Å². The molecule has 0 N–H and O–H groups in total. The molecule has 1 fully saturated rings. The Morgan fingerprint density at radius 1 is 1.50 bits per heavy atom. The average Bonchev–Trinajstić information content (AvgIpc) is 2.32. The summed E-state index contributed by atoms with van der Waals surface area (Å²) in [5.74, 6) is 0.509. The van der Waals surface area contributed by atoms with E-state index in [0.717, 1.165) is 24.8 Å². The van der Waals surface area contributed by atoms with Gasteiger partial charge in [-0.1, -0.05) is 12.1 Å².